The number of esters is 1. The molecule has 1 spiro atoms. The van der Waals surface area contributed by atoms with Crippen LogP contribution in [0.25, 0.3) is 0 Å². The van der Waals surface area contributed by atoms with E-state index < -0.39 is 17.9 Å². The maximum Gasteiger partial charge on any atom is 0.306 e. The Bertz CT molecular complexity index is 617. The van der Waals surface area contributed by atoms with E-state index in [1.807, 2.05) is 27.7 Å². The molecule has 0 unspecified atom stereocenters. The Balaban J connectivity index is 1.54. The topological polar surface area (TPSA) is 72.5 Å². The maximum atomic E-state index is 12.1. The van der Waals surface area contributed by atoms with Gasteiger partial charge in [-0.1, -0.05) is 0 Å². The first kappa shape index (κ1) is 17.4. The third-order valence-electron chi connectivity index (χ3n) is 6.67. The summed E-state index contributed by atoms with van der Waals surface area (Å²) in [6, 6.07) is 0. The lowest BCUT2D eigenvalue weighted by atomic mass is 9.58. The van der Waals surface area contributed by atoms with Crippen molar-refractivity contribution < 1.29 is 33.2 Å². The van der Waals surface area contributed by atoms with Gasteiger partial charge in [0.2, 0.25) is 0 Å². The number of ether oxygens (including phenoxy) is 6. The Hall–Kier alpha value is -0.730. The van der Waals surface area contributed by atoms with Gasteiger partial charge in [-0.3, -0.25) is 4.79 Å². The van der Waals surface area contributed by atoms with Crippen LogP contribution >= 0.6 is 0 Å². The Morgan fingerprint density at radius 3 is 2.50 bits per heavy atom. The van der Waals surface area contributed by atoms with Gasteiger partial charge in [0.15, 0.2) is 17.9 Å². The van der Waals surface area contributed by atoms with Crippen LogP contribution in [-0.2, 0) is 33.2 Å². The summed E-state index contributed by atoms with van der Waals surface area (Å²) < 4.78 is 36.4. The van der Waals surface area contributed by atoms with E-state index in [2.05, 4.69) is 0 Å². The molecular weight excluding hydrogens is 340 g/mol. The third kappa shape index (κ3) is 2.41. The monoisotopic (exact) mass is 368 g/mol. The number of carbonyl (C=O) groups excluding carboxylic acids is 1. The van der Waals surface area contributed by atoms with Crippen molar-refractivity contribution in [2.45, 2.75) is 95.7 Å². The molecular formula is C19H28O7. The van der Waals surface area contributed by atoms with Gasteiger partial charge in [0.05, 0.1) is 19.1 Å². The average Bonchev–Trinajstić information content (AvgIpc) is 3.23. The molecule has 0 radical (unpaired) electrons. The Kier molecular flexibility index (Phi) is 3.62. The molecule has 0 aromatic carbocycles. The van der Waals surface area contributed by atoms with Crippen molar-refractivity contribution in [2.75, 3.05) is 6.61 Å². The van der Waals surface area contributed by atoms with E-state index in [-0.39, 0.29) is 41.7 Å². The predicted molar refractivity (Wildman–Crippen MR) is 87.9 cm³/mol. The smallest absolute Gasteiger partial charge is 0.306 e. The molecule has 4 heterocycles. The predicted octanol–water partition coefficient (Wildman–Crippen LogP) is 2.12. The number of rotatable bonds is 1. The SMILES string of the molecule is CC1(C)OC[C@H]([C@H]2O[C@@H]3OC(C)(C)O[C@@H]3[C@@]23CCC[C@H]2OC(=O)C[C@@H]23)O1. The molecule has 1 saturated carbocycles. The lowest BCUT2D eigenvalue weighted by molar-refractivity contribution is -0.247. The molecule has 5 fully saturated rings. The zero-order valence-electron chi connectivity index (χ0n) is 15.9. The van der Waals surface area contributed by atoms with Crippen LogP contribution in [0.4, 0.5) is 0 Å². The number of carbonyl (C=O) groups is 1. The van der Waals surface area contributed by atoms with Crippen LogP contribution in [0, 0.1) is 11.3 Å². The van der Waals surface area contributed by atoms with Crippen molar-refractivity contribution >= 4 is 5.97 Å². The molecule has 146 valence electrons. The molecule has 7 atom stereocenters. The molecule has 5 aliphatic rings. The van der Waals surface area contributed by atoms with Gasteiger partial charge in [-0.05, 0) is 47.0 Å². The molecule has 26 heavy (non-hydrogen) atoms. The maximum absolute atomic E-state index is 12.1. The van der Waals surface area contributed by atoms with Gasteiger partial charge in [-0.25, -0.2) is 0 Å². The van der Waals surface area contributed by atoms with Crippen molar-refractivity contribution in [3.8, 4) is 0 Å². The minimum atomic E-state index is -0.698. The van der Waals surface area contributed by atoms with E-state index in [0.29, 0.717) is 13.0 Å². The van der Waals surface area contributed by atoms with Crippen molar-refractivity contribution in [3.63, 3.8) is 0 Å². The minimum Gasteiger partial charge on any atom is -0.462 e. The second-order valence-corrected chi connectivity index (χ2v) is 9.19. The summed E-state index contributed by atoms with van der Waals surface area (Å²) in [7, 11) is 0. The van der Waals surface area contributed by atoms with Crippen LogP contribution in [0.5, 0.6) is 0 Å². The molecule has 7 nitrogen and oxygen atoms in total. The summed E-state index contributed by atoms with van der Waals surface area (Å²) in [5.41, 5.74) is -0.359. The van der Waals surface area contributed by atoms with Crippen LogP contribution < -0.4 is 0 Å². The van der Waals surface area contributed by atoms with Gasteiger partial charge >= 0.3 is 5.97 Å². The van der Waals surface area contributed by atoms with Crippen LogP contribution in [0.1, 0.15) is 53.4 Å². The van der Waals surface area contributed by atoms with Gasteiger partial charge in [0.25, 0.3) is 0 Å². The molecule has 1 aliphatic carbocycles. The summed E-state index contributed by atoms with van der Waals surface area (Å²) in [5.74, 6) is -1.39. The van der Waals surface area contributed by atoms with E-state index in [0.717, 1.165) is 19.3 Å². The second-order valence-electron chi connectivity index (χ2n) is 9.19. The first-order valence-corrected chi connectivity index (χ1v) is 9.73. The van der Waals surface area contributed by atoms with E-state index >= 15 is 0 Å². The van der Waals surface area contributed by atoms with Gasteiger partial charge in [0, 0.05) is 11.3 Å². The highest BCUT2D eigenvalue weighted by Crippen LogP contribution is 2.61. The highest BCUT2D eigenvalue weighted by molar-refractivity contribution is 5.72. The lowest BCUT2D eigenvalue weighted by Crippen LogP contribution is -2.56. The fourth-order valence-corrected chi connectivity index (χ4v) is 5.83. The van der Waals surface area contributed by atoms with Crippen molar-refractivity contribution in [1.29, 1.82) is 0 Å². The van der Waals surface area contributed by atoms with E-state index in [1.54, 1.807) is 0 Å². The van der Waals surface area contributed by atoms with Crippen LogP contribution in [-0.4, -0.2) is 54.9 Å². The standard InChI is InChI=1S/C19H28O7/c1-17(2)21-9-12(24-17)14-19(15-16(23-14)26-18(3,4)25-15)7-5-6-11-10(19)8-13(20)22-11/h10-12,14-16H,5-9H2,1-4H3/t10-,11+,12+,14+,15-,16+,19+/m0/s1. The lowest BCUT2D eigenvalue weighted by Gasteiger charge is -2.48. The molecule has 0 N–H and O–H groups in total. The zero-order chi connectivity index (χ0) is 18.3. The van der Waals surface area contributed by atoms with E-state index in [1.165, 1.54) is 0 Å². The first-order chi connectivity index (χ1) is 12.2. The van der Waals surface area contributed by atoms with Crippen LogP contribution in [0.15, 0.2) is 0 Å². The molecule has 4 aliphatic heterocycles. The van der Waals surface area contributed by atoms with Crippen molar-refractivity contribution in [3.05, 3.63) is 0 Å². The van der Waals surface area contributed by atoms with Gasteiger partial charge in [-0.15, -0.1) is 0 Å². The molecule has 0 aromatic heterocycles. The molecule has 0 amide bonds. The van der Waals surface area contributed by atoms with E-state index in [4.69, 9.17) is 28.4 Å². The summed E-state index contributed by atoms with van der Waals surface area (Å²) in [4.78, 5) is 12.1. The number of hydrogen-bond donors (Lipinski definition) is 0. The largest absolute Gasteiger partial charge is 0.462 e. The van der Waals surface area contributed by atoms with Crippen molar-refractivity contribution in [2.24, 2.45) is 11.3 Å². The van der Waals surface area contributed by atoms with Gasteiger partial charge in [-0.2, -0.15) is 0 Å². The fourth-order valence-electron chi connectivity index (χ4n) is 5.83. The summed E-state index contributed by atoms with van der Waals surface area (Å²) >= 11 is 0. The molecule has 0 bridgehead atoms. The molecule has 7 heteroatoms. The highest BCUT2D eigenvalue weighted by Gasteiger charge is 2.71. The Morgan fingerprint density at radius 2 is 1.77 bits per heavy atom. The number of fused-ring (bicyclic) bond motifs is 4. The first-order valence-electron chi connectivity index (χ1n) is 9.73. The second kappa shape index (κ2) is 5.41. The van der Waals surface area contributed by atoms with Crippen LogP contribution in [0.3, 0.4) is 0 Å². The number of hydrogen-bond acceptors (Lipinski definition) is 7. The summed E-state index contributed by atoms with van der Waals surface area (Å²) in [5, 5.41) is 0. The fraction of sp³-hybridized carbons (Fsp3) is 0.947. The average molecular weight is 368 g/mol. The van der Waals surface area contributed by atoms with E-state index in [9.17, 15) is 4.79 Å². The normalized spacial score (nSPS) is 51.5. The quantitative estimate of drug-likeness (QED) is 0.657. The molecule has 5 rings (SSSR count). The molecule has 4 saturated heterocycles. The highest BCUT2D eigenvalue weighted by atomic mass is 16.8. The van der Waals surface area contributed by atoms with Gasteiger partial charge in [0.1, 0.15) is 18.3 Å². The van der Waals surface area contributed by atoms with Gasteiger partial charge < -0.3 is 28.4 Å². The summed E-state index contributed by atoms with van der Waals surface area (Å²) in [6.07, 6.45) is 2.01. The Labute approximate surface area is 153 Å². The summed E-state index contributed by atoms with van der Waals surface area (Å²) in [6.45, 7) is 8.11. The third-order valence-corrected chi connectivity index (χ3v) is 6.67. The Morgan fingerprint density at radius 1 is 0.962 bits per heavy atom. The van der Waals surface area contributed by atoms with Crippen molar-refractivity contribution in [1.82, 2.24) is 0 Å². The molecule has 0 aromatic rings. The zero-order valence-corrected chi connectivity index (χ0v) is 15.9. The van der Waals surface area contributed by atoms with Crippen LogP contribution in [0.2, 0.25) is 0 Å². The minimum absolute atomic E-state index is 0.0635.